The quantitative estimate of drug-likeness (QED) is 0.0957. The molecular formula is C31H44F2N2O7SSi. The van der Waals surface area contributed by atoms with Gasteiger partial charge in [0.1, 0.15) is 29.8 Å². The number of nitrogens with zero attached hydrogens (tertiary/aromatic N) is 2. The first kappa shape index (κ1) is 34.6. The molecule has 0 spiro atoms. The average molecular weight is 655 g/mol. The number of sulfonamides is 1. The van der Waals surface area contributed by atoms with Crippen LogP contribution in [-0.4, -0.2) is 68.5 Å². The van der Waals surface area contributed by atoms with Gasteiger partial charge in [-0.25, -0.2) is 17.2 Å². The predicted molar refractivity (Wildman–Crippen MR) is 166 cm³/mol. The van der Waals surface area contributed by atoms with Gasteiger partial charge in [0.2, 0.25) is 16.6 Å². The van der Waals surface area contributed by atoms with E-state index in [4.69, 9.17) is 9.47 Å². The summed E-state index contributed by atoms with van der Waals surface area (Å²) in [6, 6.07) is 11.3. The van der Waals surface area contributed by atoms with Crippen molar-refractivity contribution in [1.82, 2.24) is 4.31 Å². The first-order chi connectivity index (χ1) is 20.5. The molecule has 3 atom stereocenters. The minimum absolute atomic E-state index is 0.0123. The summed E-state index contributed by atoms with van der Waals surface area (Å²) in [6.45, 7) is 9.46. The normalized spacial score (nSPS) is 27.9. The second-order valence-electron chi connectivity index (χ2n) is 13.8. The minimum Gasteiger partial charge on any atom is -0.385 e. The standard InChI is InChI=1S/C31H44F2N2O7SSi/c1-22-11-12-28(23-9-7-6-8-10-23)43(39,40)34(22)17-24-15-27(33)25(16-26(24)32)31(29(36)18-35(37)38)19-30(2,20-31)42-21-41-13-14-44(3,4)5/h6-10,15-16,22,28-29,36H,11-14,17-21H2,1-5H3/t22-,28+,29?,30-,31-/m0/s1. The molecule has 2 aromatic carbocycles. The second-order valence-corrected chi connectivity index (χ2v) is 21.5. The molecule has 44 heavy (non-hydrogen) atoms. The molecular weight excluding hydrogens is 610 g/mol. The Morgan fingerprint density at radius 3 is 2.41 bits per heavy atom. The summed E-state index contributed by atoms with van der Waals surface area (Å²) in [5, 5.41) is 21.5. The van der Waals surface area contributed by atoms with Crippen molar-refractivity contribution in [3.8, 4) is 0 Å². The molecule has 13 heteroatoms. The van der Waals surface area contributed by atoms with Gasteiger partial charge in [0.05, 0.1) is 5.60 Å². The fourth-order valence-electron chi connectivity index (χ4n) is 6.54. The van der Waals surface area contributed by atoms with Crippen molar-refractivity contribution < 1.29 is 36.7 Å². The van der Waals surface area contributed by atoms with E-state index >= 15 is 8.78 Å². The highest BCUT2D eigenvalue weighted by Gasteiger charge is 2.60. The fourth-order valence-corrected chi connectivity index (χ4v) is 9.48. The largest absolute Gasteiger partial charge is 0.385 e. The van der Waals surface area contributed by atoms with E-state index in [1.165, 1.54) is 4.31 Å². The lowest BCUT2D eigenvalue weighted by molar-refractivity contribution is -0.494. The van der Waals surface area contributed by atoms with Crippen LogP contribution in [0.4, 0.5) is 8.78 Å². The number of halogens is 2. The zero-order valence-electron chi connectivity index (χ0n) is 26.1. The Labute approximate surface area is 259 Å². The molecule has 2 fully saturated rings. The number of ether oxygens (including phenoxy) is 2. The summed E-state index contributed by atoms with van der Waals surface area (Å²) in [7, 11) is -5.19. The molecule has 1 aliphatic carbocycles. The van der Waals surface area contributed by atoms with E-state index in [0.717, 1.165) is 18.2 Å². The van der Waals surface area contributed by atoms with Gasteiger partial charge in [-0.05, 0) is 68.8 Å². The van der Waals surface area contributed by atoms with Gasteiger partial charge >= 0.3 is 0 Å². The van der Waals surface area contributed by atoms with Crippen molar-refractivity contribution in [3.63, 3.8) is 0 Å². The van der Waals surface area contributed by atoms with E-state index < -0.39 is 69.6 Å². The highest BCUT2D eigenvalue weighted by molar-refractivity contribution is 7.89. The van der Waals surface area contributed by atoms with Crippen molar-refractivity contribution in [2.75, 3.05) is 19.9 Å². The maximum absolute atomic E-state index is 15.9. The van der Waals surface area contributed by atoms with Crippen molar-refractivity contribution >= 4 is 18.1 Å². The van der Waals surface area contributed by atoms with Crippen LogP contribution in [0.1, 0.15) is 61.5 Å². The third kappa shape index (κ3) is 7.56. The molecule has 0 bridgehead atoms. The molecule has 244 valence electrons. The summed E-state index contributed by atoms with van der Waals surface area (Å²) in [4.78, 5) is 10.6. The van der Waals surface area contributed by atoms with E-state index in [2.05, 4.69) is 19.6 Å². The van der Waals surface area contributed by atoms with Crippen molar-refractivity contribution in [3.05, 3.63) is 80.9 Å². The smallest absolute Gasteiger partial charge is 0.230 e. The molecule has 1 N–H and O–H groups in total. The van der Waals surface area contributed by atoms with Crippen LogP contribution < -0.4 is 0 Å². The molecule has 1 aliphatic heterocycles. The number of rotatable bonds is 13. The van der Waals surface area contributed by atoms with Crippen LogP contribution in [0, 0.1) is 21.7 Å². The van der Waals surface area contributed by atoms with Crippen LogP contribution in [0.3, 0.4) is 0 Å². The summed E-state index contributed by atoms with van der Waals surface area (Å²) in [6.07, 6.45) is -0.606. The molecule has 0 radical (unpaired) electrons. The van der Waals surface area contributed by atoms with E-state index in [9.17, 15) is 23.6 Å². The molecule has 9 nitrogen and oxygen atoms in total. The molecule has 2 aromatic rings. The van der Waals surface area contributed by atoms with Crippen molar-refractivity contribution in [2.45, 2.75) is 100 Å². The topological polar surface area (TPSA) is 119 Å². The van der Waals surface area contributed by atoms with Gasteiger partial charge in [-0.3, -0.25) is 10.1 Å². The van der Waals surface area contributed by atoms with Crippen LogP contribution in [-0.2, 0) is 31.5 Å². The Kier molecular flexibility index (Phi) is 10.4. The number of aliphatic hydroxyl groups excluding tert-OH is 1. The van der Waals surface area contributed by atoms with Crippen LogP contribution >= 0.6 is 0 Å². The van der Waals surface area contributed by atoms with Gasteiger partial charge in [0, 0.05) is 43.2 Å². The minimum atomic E-state index is -3.89. The monoisotopic (exact) mass is 654 g/mol. The van der Waals surface area contributed by atoms with E-state index in [1.54, 1.807) is 44.2 Å². The molecule has 1 unspecified atom stereocenters. The van der Waals surface area contributed by atoms with Gasteiger partial charge in [0.25, 0.3) is 0 Å². The zero-order valence-corrected chi connectivity index (χ0v) is 27.9. The summed E-state index contributed by atoms with van der Waals surface area (Å²) in [5.74, 6) is -1.71. The molecule has 0 amide bonds. The maximum atomic E-state index is 15.9. The number of benzene rings is 2. The predicted octanol–water partition coefficient (Wildman–Crippen LogP) is 5.78. The Morgan fingerprint density at radius 2 is 1.80 bits per heavy atom. The Balaban J connectivity index is 1.56. The lowest BCUT2D eigenvalue weighted by Crippen LogP contribution is -2.62. The van der Waals surface area contributed by atoms with Gasteiger partial charge in [0.15, 0.2) is 0 Å². The second kappa shape index (κ2) is 13.2. The molecule has 4 rings (SSSR count). The average Bonchev–Trinajstić information content (AvgIpc) is 2.90. The van der Waals surface area contributed by atoms with E-state index in [-0.39, 0.29) is 37.3 Å². The van der Waals surface area contributed by atoms with Gasteiger partial charge in [-0.2, -0.15) is 4.31 Å². The third-order valence-electron chi connectivity index (χ3n) is 9.02. The van der Waals surface area contributed by atoms with Crippen molar-refractivity contribution in [2.24, 2.45) is 0 Å². The molecule has 0 aromatic heterocycles. The lowest BCUT2D eigenvalue weighted by atomic mass is 9.53. The number of hydrogen-bond donors (Lipinski definition) is 1. The molecule has 1 saturated carbocycles. The highest BCUT2D eigenvalue weighted by atomic mass is 32.2. The van der Waals surface area contributed by atoms with E-state index in [1.807, 2.05) is 0 Å². The number of hydrogen-bond acceptors (Lipinski definition) is 7. The first-order valence-electron chi connectivity index (χ1n) is 15.0. The Morgan fingerprint density at radius 1 is 1.14 bits per heavy atom. The summed E-state index contributed by atoms with van der Waals surface area (Å²) < 4.78 is 71.6. The fraction of sp³-hybridized carbons (Fsp3) is 0.613. The number of nitro groups is 1. The van der Waals surface area contributed by atoms with Gasteiger partial charge < -0.3 is 14.6 Å². The SMILES string of the molecule is C[C@H]1CC[C@H](c2ccccc2)S(=O)(=O)N1Cc1cc(F)c([C@]2(C(O)C[N+](=O)[O-])C[C@](C)(OCOCC[Si](C)(C)C)C2)cc1F. The molecule has 2 aliphatic rings. The third-order valence-corrected chi connectivity index (χ3v) is 13.1. The number of aliphatic hydroxyl groups is 1. The Hall–Kier alpha value is -2.29. The zero-order chi connectivity index (χ0) is 32.5. The molecule has 1 saturated heterocycles. The first-order valence-corrected chi connectivity index (χ1v) is 20.2. The lowest BCUT2D eigenvalue weighted by Gasteiger charge is -2.55. The molecule has 1 heterocycles. The van der Waals surface area contributed by atoms with Crippen LogP contribution in [0.25, 0.3) is 0 Å². The van der Waals surface area contributed by atoms with E-state index in [0.29, 0.717) is 25.0 Å². The summed E-state index contributed by atoms with van der Waals surface area (Å²) >= 11 is 0. The maximum Gasteiger partial charge on any atom is 0.230 e. The van der Waals surface area contributed by atoms with Gasteiger partial charge in [-0.1, -0.05) is 50.0 Å². The van der Waals surface area contributed by atoms with Gasteiger partial charge in [-0.15, -0.1) is 0 Å². The highest BCUT2D eigenvalue weighted by Crippen LogP contribution is 2.55. The van der Waals surface area contributed by atoms with Crippen LogP contribution in [0.2, 0.25) is 25.7 Å². The van der Waals surface area contributed by atoms with Crippen LogP contribution in [0.15, 0.2) is 42.5 Å². The summed E-state index contributed by atoms with van der Waals surface area (Å²) in [5.41, 5.74) is -2.03. The van der Waals surface area contributed by atoms with Crippen LogP contribution in [0.5, 0.6) is 0 Å². The van der Waals surface area contributed by atoms with Crippen molar-refractivity contribution in [1.29, 1.82) is 0 Å². The Bertz CT molecular complexity index is 1430.